The number of pyridine rings is 1. The summed E-state index contributed by atoms with van der Waals surface area (Å²) in [4.78, 5) is 5.33. The molecule has 2 nitrogen and oxygen atoms in total. The van der Waals surface area contributed by atoms with Crippen molar-refractivity contribution in [3.05, 3.63) is 140 Å². The van der Waals surface area contributed by atoms with Crippen molar-refractivity contribution in [3.8, 4) is 0 Å². The summed E-state index contributed by atoms with van der Waals surface area (Å²) in [7, 11) is 0. The molecule has 0 saturated carbocycles. The summed E-state index contributed by atoms with van der Waals surface area (Å²) < 4.78 is 2.37. The molecule has 8 aromatic rings. The van der Waals surface area contributed by atoms with Crippen LogP contribution in [0.25, 0.3) is 49.1 Å². The van der Waals surface area contributed by atoms with E-state index in [2.05, 4.69) is 159 Å². The van der Waals surface area contributed by atoms with Gasteiger partial charge in [-0.3, -0.25) is 0 Å². The SMILES string of the molecule is [Se]=P(c1ccccc1)(c1ccccc1)c1cc2ccccc2c2c3ccccc3n3c4ccccc4nc3c12. The molecule has 0 aliphatic carbocycles. The molecular weight excluding hydrogens is 558 g/mol. The molecule has 2 heterocycles. The van der Waals surface area contributed by atoms with E-state index in [1.807, 2.05) is 0 Å². The summed E-state index contributed by atoms with van der Waals surface area (Å²) in [6.07, 6.45) is 0. The number of hydrogen-bond donors (Lipinski definition) is 0. The molecule has 6 aromatic carbocycles. The number of para-hydroxylation sites is 3. The van der Waals surface area contributed by atoms with E-state index < -0.39 is 5.51 Å². The third-order valence-corrected chi connectivity index (χ3v) is 14.8. The second-order valence-electron chi connectivity index (χ2n) is 9.92. The minimum atomic E-state index is -2.18. The van der Waals surface area contributed by atoms with Gasteiger partial charge in [0, 0.05) is 0 Å². The van der Waals surface area contributed by atoms with Gasteiger partial charge in [-0.05, 0) is 0 Å². The summed E-state index contributed by atoms with van der Waals surface area (Å²) in [6, 6.07) is 50.4. The number of benzene rings is 6. The van der Waals surface area contributed by atoms with E-state index in [1.165, 1.54) is 48.4 Å². The fourth-order valence-corrected chi connectivity index (χ4v) is 11.4. The van der Waals surface area contributed by atoms with Gasteiger partial charge in [-0.15, -0.1) is 0 Å². The van der Waals surface area contributed by atoms with Gasteiger partial charge in [0.2, 0.25) is 0 Å². The molecule has 0 amide bonds. The van der Waals surface area contributed by atoms with Gasteiger partial charge in [-0.1, -0.05) is 0 Å². The van der Waals surface area contributed by atoms with Crippen molar-refractivity contribution in [1.29, 1.82) is 0 Å². The molecule has 2 aromatic heterocycles. The number of hydrogen-bond acceptors (Lipinski definition) is 1. The van der Waals surface area contributed by atoms with Crippen LogP contribution in [-0.2, 0) is 0 Å². The second-order valence-corrected chi connectivity index (χ2v) is 16.1. The zero-order chi connectivity index (χ0) is 26.0. The average molecular weight is 582 g/mol. The van der Waals surface area contributed by atoms with Gasteiger partial charge >= 0.3 is 235 Å². The molecule has 184 valence electrons. The Kier molecular flexibility index (Phi) is 5.15. The zero-order valence-electron chi connectivity index (χ0n) is 21.0. The molecule has 8 rings (SSSR count). The van der Waals surface area contributed by atoms with E-state index in [-0.39, 0.29) is 0 Å². The Morgan fingerprint density at radius 2 is 1.10 bits per heavy atom. The van der Waals surface area contributed by atoms with Crippen LogP contribution in [0.1, 0.15) is 0 Å². The van der Waals surface area contributed by atoms with Gasteiger partial charge in [-0.25, -0.2) is 0 Å². The van der Waals surface area contributed by atoms with Crippen LogP contribution in [0.2, 0.25) is 0 Å². The molecular formula is C35H23N2PSe. The van der Waals surface area contributed by atoms with Crippen LogP contribution in [0, 0.1) is 0 Å². The number of fused-ring (bicyclic) bond motifs is 10. The Bertz CT molecular complexity index is 2210. The maximum atomic E-state index is 5.33. The zero-order valence-corrected chi connectivity index (χ0v) is 23.6. The van der Waals surface area contributed by atoms with Gasteiger partial charge in [0.25, 0.3) is 0 Å². The van der Waals surface area contributed by atoms with Crippen molar-refractivity contribution in [2.45, 2.75) is 0 Å². The summed E-state index contributed by atoms with van der Waals surface area (Å²) in [5.74, 6) is 0. The Labute approximate surface area is 233 Å². The summed E-state index contributed by atoms with van der Waals surface area (Å²) in [5.41, 5.74) is 2.16. The van der Waals surface area contributed by atoms with Crippen molar-refractivity contribution in [2.24, 2.45) is 0 Å². The molecule has 0 bridgehead atoms. The molecule has 0 fully saturated rings. The van der Waals surface area contributed by atoms with E-state index >= 15 is 0 Å². The Hall–Kier alpha value is -4.00. The normalized spacial score (nSPS) is 12.2. The summed E-state index contributed by atoms with van der Waals surface area (Å²) in [6.45, 7) is 0. The van der Waals surface area contributed by atoms with E-state index in [0.717, 1.165) is 16.7 Å². The predicted octanol–water partition coefficient (Wildman–Crippen LogP) is 7.32. The van der Waals surface area contributed by atoms with Crippen LogP contribution in [0.3, 0.4) is 0 Å². The van der Waals surface area contributed by atoms with E-state index in [1.54, 1.807) is 0 Å². The van der Waals surface area contributed by atoms with Crippen LogP contribution in [0.15, 0.2) is 140 Å². The second kappa shape index (κ2) is 8.76. The molecule has 0 aliphatic rings. The molecule has 0 saturated heterocycles. The van der Waals surface area contributed by atoms with Gasteiger partial charge < -0.3 is 0 Å². The van der Waals surface area contributed by atoms with Crippen molar-refractivity contribution in [1.82, 2.24) is 9.38 Å². The van der Waals surface area contributed by atoms with E-state index in [4.69, 9.17) is 4.98 Å². The predicted molar refractivity (Wildman–Crippen MR) is 170 cm³/mol. The first-order valence-corrected chi connectivity index (χ1v) is 17.1. The van der Waals surface area contributed by atoms with Crippen LogP contribution in [-0.4, -0.2) is 24.5 Å². The summed E-state index contributed by atoms with van der Waals surface area (Å²) >= 11 is 3.82. The molecule has 0 radical (unpaired) electrons. The molecule has 4 heteroatoms. The first-order valence-electron chi connectivity index (χ1n) is 13.1. The molecule has 0 N–H and O–H groups in total. The first-order chi connectivity index (χ1) is 19.2. The van der Waals surface area contributed by atoms with Crippen molar-refractivity contribution in [3.63, 3.8) is 0 Å². The third kappa shape index (κ3) is 3.28. The molecule has 0 atom stereocenters. The van der Waals surface area contributed by atoms with Gasteiger partial charge in [0.05, 0.1) is 0 Å². The number of nitrogens with zero attached hydrogens (tertiary/aromatic N) is 2. The molecule has 39 heavy (non-hydrogen) atoms. The monoisotopic (exact) mass is 582 g/mol. The Morgan fingerprint density at radius 3 is 1.82 bits per heavy atom. The number of aromatic nitrogens is 2. The van der Waals surface area contributed by atoms with Crippen molar-refractivity contribution in [2.75, 3.05) is 0 Å². The average Bonchev–Trinajstić information content (AvgIpc) is 3.41. The maximum absolute atomic E-state index is 5.33. The standard InChI is InChI=1S/C35H23N2PSe/c39-38(25-14-3-1-4-15-25,26-16-5-2-6-17-26)32-23-24-13-7-8-18-27(24)33-28-19-9-11-21-30(28)37-31-22-12-10-20-29(31)36-35(37)34(32)33/h1-23H. The number of imidazole rings is 1. The van der Waals surface area contributed by atoms with Crippen LogP contribution < -0.4 is 15.9 Å². The van der Waals surface area contributed by atoms with E-state index in [9.17, 15) is 0 Å². The first kappa shape index (κ1) is 22.9. The number of rotatable bonds is 3. The van der Waals surface area contributed by atoms with Crippen LogP contribution in [0.5, 0.6) is 0 Å². The minimum absolute atomic E-state index is 1.01. The quantitative estimate of drug-likeness (QED) is 0.121. The molecule has 0 spiro atoms. The molecule has 0 unspecified atom stereocenters. The Morgan fingerprint density at radius 1 is 0.538 bits per heavy atom. The van der Waals surface area contributed by atoms with E-state index in [0.29, 0.717) is 0 Å². The fraction of sp³-hybridized carbons (Fsp3) is 0. The van der Waals surface area contributed by atoms with Gasteiger partial charge in [0.15, 0.2) is 0 Å². The van der Waals surface area contributed by atoms with Gasteiger partial charge in [0.1, 0.15) is 0 Å². The molecule has 0 aliphatic heterocycles. The van der Waals surface area contributed by atoms with Gasteiger partial charge in [-0.2, -0.15) is 0 Å². The topological polar surface area (TPSA) is 17.3 Å². The van der Waals surface area contributed by atoms with Crippen LogP contribution in [0.4, 0.5) is 0 Å². The van der Waals surface area contributed by atoms with Crippen LogP contribution >= 0.6 is 5.51 Å². The fourth-order valence-electron chi connectivity index (χ4n) is 6.11. The Balaban J connectivity index is 1.71. The summed E-state index contributed by atoms with van der Waals surface area (Å²) in [5, 5.41) is 10.2. The van der Waals surface area contributed by atoms with Crippen molar-refractivity contribution >= 4 is 85.6 Å². The van der Waals surface area contributed by atoms with Crippen molar-refractivity contribution < 1.29 is 0 Å². The third-order valence-electron chi connectivity index (χ3n) is 7.81.